The summed E-state index contributed by atoms with van der Waals surface area (Å²) >= 11 is 6.09. The van der Waals surface area contributed by atoms with Crippen molar-refractivity contribution in [2.75, 3.05) is 11.9 Å². The highest BCUT2D eigenvalue weighted by molar-refractivity contribution is 6.30. The van der Waals surface area contributed by atoms with Crippen molar-refractivity contribution < 1.29 is 18.7 Å². The van der Waals surface area contributed by atoms with E-state index in [1.54, 1.807) is 63.2 Å². The Labute approximate surface area is 168 Å². The molecule has 2 aromatic rings. The van der Waals surface area contributed by atoms with Gasteiger partial charge in [-0.05, 0) is 44.5 Å². The first-order valence-corrected chi connectivity index (χ1v) is 9.23. The van der Waals surface area contributed by atoms with Crippen molar-refractivity contribution in [3.8, 4) is 0 Å². The van der Waals surface area contributed by atoms with Gasteiger partial charge in [0, 0.05) is 17.6 Å². The molecule has 1 aliphatic rings. The molecule has 0 radical (unpaired) electrons. The van der Waals surface area contributed by atoms with Gasteiger partial charge >= 0.3 is 6.09 Å². The number of rotatable bonds is 3. The van der Waals surface area contributed by atoms with Crippen LogP contribution in [-0.2, 0) is 15.2 Å². The Hall–Kier alpha value is -2.60. The van der Waals surface area contributed by atoms with Crippen LogP contribution in [0.15, 0.2) is 48.5 Å². The van der Waals surface area contributed by atoms with E-state index in [9.17, 15) is 9.59 Å². The zero-order valence-corrected chi connectivity index (χ0v) is 16.9. The summed E-state index contributed by atoms with van der Waals surface area (Å²) in [5.41, 5.74) is -2.29. The summed E-state index contributed by atoms with van der Waals surface area (Å²) in [6.07, 6.45) is -0.825. The highest BCUT2D eigenvalue weighted by atomic mass is 35.5. The molecule has 3 rings (SSSR count). The van der Waals surface area contributed by atoms with Crippen LogP contribution in [0.2, 0.25) is 5.02 Å². The fraction of sp³-hybridized carbons (Fsp3) is 0.333. The summed E-state index contributed by atoms with van der Waals surface area (Å²) in [5, 5.41) is 2.91. The number of alkyl carbamates (subject to hydrolysis) is 1. The molecule has 148 valence electrons. The topological polar surface area (TPSA) is 58.6 Å². The number of halogens is 2. The predicted octanol–water partition coefficient (Wildman–Crippen LogP) is 4.75. The van der Waals surface area contributed by atoms with Crippen LogP contribution in [0, 0.1) is 0 Å². The lowest BCUT2D eigenvalue weighted by Gasteiger charge is -2.31. The number of para-hydroxylation sites is 1. The monoisotopic (exact) mass is 404 g/mol. The molecule has 2 amide bonds. The number of nitrogens with zero attached hydrogens (tertiary/aromatic N) is 1. The molecule has 0 saturated heterocycles. The standard InChI is InChI=1S/C21H22ClFN2O3/c1-20(2,3)28-19(27)24-17(13-8-7-9-14(22)12-13)21(23)15-10-5-6-11-16(15)25(4)18(21)26/h5-12,17H,1-4H3,(H,24,27)/t17?,21-/m0/s1. The van der Waals surface area contributed by atoms with Crippen LogP contribution in [0.5, 0.6) is 0 Å². The highest BCUT2D eigenvalue weighted by Gasteiger charge is 2.57. The SMILES string of the molecule is CN1C(=O)[C@@](F)(C(NC(=O)OC(C)(C)C)c2cccc(Cl)c2)c2ccccc21. The van der Waals surface area contributed by atoms with Gasteiger partial charge in [0.2, 0.25) is 5.67 Å². The number of nitrogens with one attached hydrogen (secondary N) is 1. The molecule has 1 heterocycles. The minimum Gasteiger partial charge on any atom is -0.444 e. The van der Waals surface area contributed by atoms with Gasteiger partial charge in [-0.15, -0.1) is 0 Å². The predicted molar refractivity (Wildman–Crippen MR) is 106 cm³/mol. The molecule has 1 unspecified atom stereocenters. The van der Waals surface area contributed by atoms with Gasteiger partial charge in [-0.25, -0.2) is 9.18 Å². The van der Waals surface area contributed by atoms with E-state index in [0.29, 0.717) is 16.3 Å². The molecule has 2 atom stereocenters. The number of ether oxygens (including phenoxy) is 1. The average molecular weight is 405 g/mol. The van der Waals surface area contributed by atoms with Crippen LogP contribution >= 0.6 is 11.6 Å². The maximum absolute atomic E-state index is 16.5. The molecular formula is C21H22ClFN2O3. The third kappa shape index (κ3) is 3.56. The molecular weight excluding hydrogens is 383 g/mol. The number of anilines is 1. The lowest BCUT2D eigenvalue weighted by Crippen LogP contribution is -2.48. The molecule has 0 bridgehead atoms. The second kappa shape index (κ2) is 7.09. The van der Waals surface area contributed by atoms with E-state index < -0.39 is 29.3 Å². The highest BCUT2D eigenvalue weighted by Crippen LogP contribution is 2.49. The largest absolute Gasteiger partial charge is 0.444 e. The molecule has 7 heteroatoms. The Bertz CT molecular complexity index is 928. The number of hydrogen-bond donors (Lipinski definition) is 1. The van der Waals surface area contributed by atoms with Gasteiger partial charge in [0.15, 0.2) is 0 Å². The van der Waals surface area contributed by atoms with Crippen LogP contribution in [0.1, 0.15) is 37.9 Å². The molecule has 0 aromatic heterocycles. The zero-order valence-electron chi connectivity index (χ0n) is 16.1. The van der Waals surface area contributed by atoms with E-state index in [4.69, 9.17) is 16.3 Å². The normalized spacial score (nSPS) is 19.9. The smallest absolute Gasteiger partial charge is 0.408 e. The number of alkyl halides is 1. The Kier molecular flexibility index (Phi) is 5.10. The summed E-state index contributed by atoms with van der Waals surface area (Å²) in [7, 11) is 1.50. The van der Waals surface area contributed by atoms with Crippen molar-refractivity contribution in [2.45, 2.75) is 38.1 Å². The van der Waals surface area contributed by atoms with E-state index in [2.05, 4.69) is 5.32 Å². The van der Waals surface area contributed by atoms with Crippen molar-refractivity contribution >= 4 is 29.3 Å². The van der Waals surface area contributed by atoms with Crippen LogP contribution in [0.25, 0.3) is 0 Å². The summed E-state index contributed by atoms with van der Waals surface area (Å²) in [6.45, 7) is 5.11. The fourth-order valence-electron chi connectivity index (χ4n) is 3.35. The van der Waals surface area contributed by atoms with Crippen LogP contribution in [0.4, 0.5) is 14.9 Å². The van der Waals surface area contributed by atoms with Gasteiger partial charge in [-0.3, -0.25) is 4.79 Å². The maximum Gasteiger partial charge on any atom is 0.408 e. The number of carbonyl (C=O) groups is 2. The Morgan fingerprint density at radius 1 is 1.21 bits per heavy atom. The lowest BCUT2D eigenvalue weighted by atomic mass is 9.85. The van der Waals surface area contributed by atoms with E-state index in [-0.39, 0.29) is 5.56 Å². The molecule has 0 aliphatic carbocycles. The van der Waals surface area contributed by atoms with Gasteiger partial charge in [-0.1, -0.05) is 41.9 Å². The second-order valence-electron chi connectivity index (χ2n) is 7.73. The Morgan fingerprint density at radius 3 is 2.54 bits per heavy atom. The third-order valence-electron chi connectivity index (χ3n) is 4.51. The summed E-state index contributed by atoms with van der Waals surface area (Å²) in [6, 6.07) is 11.7. The molecule has 0 fully saturated rings. The summed E-state index contributed by atoms with van der Waals surface area (Å²) in [5.74, 6) is -0.769. The second-order valence-corrected chi connectivity index (χ2v) is 8.16. The molecule has 1 N–H and O–H groups in total. The molecule has 5 nitrogen and oxygen atoms in total. The van der Waals surface area contributed by atoms with Crippen LogP contribution in [-0.4, -0.2) is 24.6 Å². The van der Waals surface area contributed by atoms with E-state index in [1.165, 1.54) is 18.0 Å². The van der Waals surface area contributed by atoms with Crippen LogP contribution in [0.3, 0.4) is 0 Å². The van der Waals surface area contributed by atoms with Crippen molar-refractivity contribution in [2.24, 2.45) is 0 Å². The summed E-state index contributed by atoms with van der Waals surface area (Å²) < 4.78 is 21.8. The van der Waals surface area contributed by atoms with Crippen molar-refractivity contribution in [3.05, 3.63) is 64.7 Å². The molecule has 1 aliphatic heterocycles. The first-order chi connectivity index (χ1) is 13.0. The molecule has 0 spiro atoms. The maximum atomic E-state index is 16.5. The fourth-order valence-corrected chi connectivity index (χ4v) is 3.54. The summed E-state index contributed by atoms with van der Waals surface area (Å²) in [4.78, 5) is 26.7. The number of carbonyl (C=O) groups excluding carboxylic acids is 2. The Balaban J connectivity index is 2.11. The lowest BCUT2D eigenvalue weighted by molar-refractivity contribution is -0.131. The van der Waals surface area contributed by atoms with Gasteiger partial charge in [0.05, 0.1) is 5.69 Å². The van der Waals surface area contributed by atoms with Crippen molar-refractivity contribution in [1.82, 2.24) is 5.32 Å². The van der Waals surface area contributed by atoms with E-state index >= 15 is 4.39 Å². The number of likely N-dealkylation sites (N-methyl/N-ethyl adjacent to an activating group) is 1. The number of hydrogen-bond acceptors (Lipinski definition) is 3. The minimum atomic E-state index is -2.51. The van der Waals surface area contributed by atoms with Gasteiger partial charge < -0.3 is 15.0 Å². The van der Waals surface area contributed by atoms with E-state index in [0.717, 1.165) is 0 Å². The zero-order chi connectivity index (χ0) is 20.7. The minimum absolute atomic E-state index is 0.184. The average Bonchev–Trinajstić information content (AvgIpc) is 2.81. The van der Waals surface area contributed by atoms with Crippen molar-refractivity contribution in [1.29, 1.82) is 0 Å². The first kappa shape index (κ1) is 20.1. The number of fused-ring (bicyclic) bond motifs is 1. The van der Waals surface area contributed by atoms with Gasteiger partial charge in [-0.2, -0.15) is 0 Å². The number of benzene rings is 2. The quantitative estimate of drug-likeness (QED) is 0.803. The number of amides is 2. The molecule has 0 saturated carbocycles. The van der Waals surface area contributed by atoms with Gasteiger partial charge in [0.25, 0.3) is 5.91 Å². The third-order valence-corrected chi connectivity index (χ3v) is 4.75. The molecule has 2 aromatic carbocycles. The molecule has 28 heavy (non-hydrogen) atoms. The van der Waals surface area contributed by atoms with Gasteiger partial charge in [0.1, 0.15) is 11.6 Å². The first-order valence-electron chi connectivity index (χ1n) is 8.85. The van der Waals surface area contributed by atoms with Crippen LogP contribution < -0.4 is 10.2 Å². The Morgan fingerprint density at radius 2 is 1.89 bits per heavy atom. The van der Waals surface area contributed by atoms with E-state index in [1.807, 2.05) is 0 Å². The van der Waals surface area contributed by atoms with Crippen molar-refractivity contribution in [3.63, 3.8) is 0 Å².